The quantitative estimate of drug-likeness (QED) is 0.694. The molecule has 0 atom stereocenters. The van der Waals surface area contributed by atoms with Gasteiger partial charge in [0.2, 0.25) is 0 Å². The van der Waals surface area contributed by atoms with Gasteiger partial charge in [0.15, 0.2) is 5.78 Å². The molecule has 0 aliphatic heterocycles. The number of hydrogen-bond donors (Lipinski definition) is 0. The van der Waals surface area contributed by atoms with Crippen LogP contribution < -0.4 is 0 Å². The summed E-state index contributed by atoms with van der Waals surface area (Å²) in [7, 11) is 0. The minimum Gasteiger partial charge on any atom is -0.294 e. The van der Waals surface area contributed by atoms with Gasteiger partial charge in [-0.1, -0.05) is 44.2 Å². The third kappa shape index (κ3) is 3.15. The fourth-order valence-electron chi connectivity index (χ4n) is 2.60. The van der Waals surface area contributed by atoms with E-state index in [9.17, 15) is 9.18 Å². The molecule has 1 saturated carbocycles. The molecule has 0 unspecified atom stereocenters. The SMILES string of the molecule is O=C(c1ccccc1F)C1CCCCCCC1. The van der Waals surface area contributed by atoms with E-state index in [1.807, 2.05) is 0 Å². The molecular formula is C15H19FO. The number of halogens is 1. The molecule has 0 bridgehead atoms. The van der Waals surface area contributed by atoms with Crippen LogP contribution in [0.5, 0.6) is 0 Å². The maximum Gasteiger partial charge on any atom is 0.168 e. The van der Waals surface area contributed by atoms with Crippen molar-refractivity contribution in [1.29, 1.82) is 0 Å². The molecule has 1 nitrogen and oxygen atoms in total. The topological polar surface area (TPSA) is 17.1 Å². The van der Waals surface area contributed by atoms with Crippen molar-refractivity contribution in [2.75, 3.05) is 0 Å². The Labute approximate surface area is 102 Å². The van der Waals surface area contributed by atoms with Crippen molar-refractivity contribution in [3.63, 3.8) is 0 Å². The van der Waals surface area contributed by atoms with Gasteiger partial charge in [0.1, 0.15) is 5.82 Å². The molecule has 1 aliphatic carbocycles. The molecule has 0 radical (unpaired) electrons. The number of carbonyl (C=O) groups excluding carboxylic acids is 1. The number of rotatable bonds is 2. The Morgan fingerprint density at radius 3 is 2.24 bits per heavy atom. The molecule has 2 rings (SSSR count). The van der Waals surface area contributed by atoms with Crippen LogP contribution in [0.1, 0.15) is 55.3 Å². The molecule has 0 heterocycles. The Morgan fingerprint density at radius 1 is 1.00 bits per heavy atom. The van der Waals surface area contributed by atoms with Crippen LogP contribution >= 0.6 is 0 Å². The summed E-state index contributed by atoms with van der Waals surface area (Å²) in [6.45, 7) is 0. The van der Waals surface area contributed by atoms with Gasteiger partial charge in [-0.3, -0.25) is 4.79 Å². The van der Waals surface area contributed by atoms with Gasteiger partial charge in [0, 0.05) is 5.92 Å². The van der Waals surface area contributed by atoms with Crippen molar-refractivity contribution in [3.05, 3.63) is 35.6 Å². The Morgan fingerprint density at radius 2 is 1.59 bits per heavy atom. The van der Waals surface area contributed by atoms with Crippen LogP contribution in [0.4, 0.5) is 4.39 Å². The monoisotopic (exact) mass is 234 g/mol. The fourth-order valence-corrected chi connectivity index (χ4v) is 2.60. The van der Waals surface area contributed by atoms with Crippen LogP contribution in [-0.4, -0.2) is 5.78 Å². The summed E-state index contributed by atoms with van der Waals surface area (Å²) in [5, 5.41) is 0. The first-order valence-electron chi connectivity index (χ1n) is 6.58. The average molecular weight is 234 g/mol. The van der Waals surface area contributed by atoms with Gasteiger partial charge in [-0.05, 0) is 25.0 Å². The lowest BCUT2D eigenvalue weighted by atomic mass is 9.85. The molecule has 17 heavy (non-hydrogen) atoms. The number of carbonyl (C=O) groups is 1. The van der Waals surface area contributed by atoms with Crippen molar-refractivity contribution in [2.24, 2.45) is 5.92 Å². The first kappa shape index (κ1) is 12.3. The molecule has 0 N–H and O–H groups in total. The summed E-state index contributed by atoms with van der Waals surface area (Å²) in [6.07, 6.45) is 7.75. The van der Waals surface area contributed by atoms with Crippen LogP contribution in [-0.2, 0) is 0 Å². The van der Waals surface area contributed by atoms with Gasteiger partial charge in [-0.15, -0.1) is 0 Å². The molecule has 1 fully saturated rings. The summed E-state index contributed by atoms with van der Waals surface area (Å²) in [5.74, 6) is -0.336. The molecule has 92 valence electrons. The predicted octanol–water partition coefficient (Wildman–Crippen LogP) is 4.37. The van der Waals surface area contributed by atoms with Crippen LogP contribution in [0.25, 0.3) is 0 Å². The van der Waals surface area contributed by atoms with Crippen LogP contribution in [0, 0.1) is 11.7 Å². The number of benzene rings is 1. The standard InChI is InChI=1S/C15H19FO/c16-14-11-7-6-10-13(14)15(17)12-8-4-2-1-3-5-9-12/h6-7,10-12H,1-5,8-9H2. The van der Waals surface area contributed by atoms with Crippen molar-refractivity contribution in [3.8, 4) is 0 Å². The Kier molecular flexibility index (Phi) is 4.29. The highest BCUT2D eigenvalue weighted by Gasteiger charge is 2.22. The van der Waals surface area contributed by atoms with E-state index in [0.717, 1.165) is 25.7 Å². The predicted molar refractivity (Wildman–Crippen MR) is 66.5 cm³/mol. The molecule has 2 heteroatoms. The highest BCUT2D eigenvalue weighted by Crippen LogP contribution is 2.26. The molecule has 1 aromatic carbocycles. The molecule has 0 amide bonds. The van der Waals surface area contributed by atoms with E-state index in [4.69, 9.17) is 0 Å². The third-order valence-electron chi connectivity index (χ3n) is 3.62. The lowest BCUT2D eigenvalue weighted by Crippen LogP contribution is -2.17. The fraction of sp³-hybridized carbons (Fsp3) is 0.533. The smallest absolute Gasteiger partial charge is 0.168 e. The van der Waals surface area contributed by atoms with Gasteiger partial charge < -0.3 is 0 Å². The first-order chi connectivity index (χ1) is 8.29. The van der Waals surface area contributed by atoms with E-state index >= 15 is 0 Å². The molecule has 1 aliphatic rings. The van der Waals surface area contributed by atoms with E-state index in [2.05, 4.69) is 0 Å². The highest BCUT2D eigenvalue weighted by molar-refractivity contribution is 5.98. The van der Waals surface area contributed by atoms with E-state index in [-0.39, 0.29) is 23.1 Å². The summed E-state index contributed by atoms with van der Waals surface area (Å²) < 4.78 is 13.6. The normalized spacial score (nSPS) is 18.4. The maximum atomic E-state index is 13.6. The van der Waals surface area contributed by atoms with Crippen molar-refractivity contribution < 1.29 is 9.18 Å². The minimum absolute atomic E-state index is 0.00463. The Hall–Kier alpha value is -1.18. The van der Waals surface area contributed by atoms with E-state index in [1.165, 1.54) is 25.3 Å². The maximum absolute atomic E-state index is 13.6. The molecular weight excluding hydrogens is 215 g/mol. The van der Waals surface area contributed by atoms with Gasteiger partial charge in [0.25, 0.3) is 0 Å². The number of hydrogen-bond acceptors (Lipinski definition) is 1. The van der Waals surface area contributed by atoms with Gasteiger partial charge in [-0.25, -0.2) is 4.39 Å². The Bertz CT molecular complexity index is 378. The van der Waals surface area contributed by atoms with Gasteiger partial charge in [-0.2, -0.15) is 0 Å². The third-order valence-corrected chi connectivity index (χ3v) is 3.62. The summed E-state index contributed by atoms with van der Waals surface area (Å²) in [6, 6.07) is 6.34. The van der Waals surface area contributed by atoms with Gasteiger partial charge >= 0.3 is 0 Å². The lowest BCUT2D eigenvalue weighted by molar-refractivity contribution is 0.0894. The second kappa shape index (κ2) is 5.95. The number of Topliss-reactive ketones (excluding diaryl/α,β-unsaturated/α-hetero) is 1. The molecule has 1 aromatic rings. The Balaban J connectivity index is 2.10. The largest absolute Gasteiger partial charge is 0.294 e. The second-order valence-electron chi connectivity index (χ2n) is 4.89. The first-order valence-corrected chi connectivity index (χ1v) is 6.58. The average Bonchev–Trinajstić information content (AvgIpc) is 2.28. The zero-order valence-corrected chi connectivity index (χ0v) is 10.1. The van der Waals surface area contributed by atoms with Gasteiger partial charge in [0.05, 0.1) is 5.56 Å². The van der Waals surface area contributed by atoms with Crippen LogP contribution in [0.15, 0.2) is 24.3 Å². The second-order valence-corrected chi connectivity index (χ2v) is 4.89. The highest BCUT2D eigenvalue weighted by atomic mass is 19.1. The molecule has 0 aromatic heterocycles. The van der Waals surface area contributed by atoms with E-state index < -0.39 is 0 Å². The van der Waals surface area contributed by atoms with Crippen molar-refractivity contribution in [1.82, 2.24) is 0 Å². The number of ketones is 1. The molecule has 0 saturated heterocycles. The zero-order valence-electron chi connectivity index (χ0n) is 10.1. The van der Waals surface area contributed by atoms with Crippen molar-refractivity contribution >= 4 is 5.78 Å². The summed E-state index contributed by atoms with van der Waals surface area (Å²) >= 11 is 0. The van der Waals surface area contributed by atoms with Crippen LogP contribution in [0.3, 0.4) is 0 Å². The zero-order chi connectivity index (χ0) is 12.1. The summed E-state index contributed by atoms with van der Waals surface area (Å²) in [5.41, 5.74) is 0.276. The molecule has 0 spiro atoms. The lowest BCUT2D eigenvalue weighted by Gasteiger charge is -2.18. The summed E-state index contributed by atoms with van der Waals surface area (Å²) in [4.78, 5) is 12.2. The van der Waals surface area contributed by atoms with Crippen molar-refractivity contribution in [2.45, 2.75) is 44.9 Å². The van der Waals surface area contributed by atoms with E-state index in [1.54, 1.807) is 18.2 Å². The van der Waals surface area contributed by atoms with E-state index in [0.29, 0.717) is 0 Å². The minimum atomic E-state index is -0.375. The van der Waals surface area contributed by atoms with Crippen LogP contribution in [0.2, 0.25) is 0 Å².